The van der Waals surface area contributed by atoms with Crippen LogP contribution < -0.4 is 0 Å². The van der Waals surface area contributed by atoms with E-state index in [1.807, 2.05) is 0 Å². The number of nitro groups is 1. The van der Waals surface area contributed by atoms with Crippen LogP contribution in [0, 0.1) is 10.1 Å². The average Bonchev–Trinajstić information content (AvgIpc) is 2.17. The fraction of sp³-hybridized carbons (Fsp3) is 0.375. The number of aromatic nitrogens is 1. The second-order valence-corrected chi connectivity index (χ2v) is 4.12. The van der Waals surface area contributed by atoms with Gasteiger partial charge in [-0.3, -0.25) is 15.1 Å². The van der Waals surface area contributed by atoms with Crippen LogP contribution in [0.1, 0.15) is 11.3 Å². The highest BCUT2D eigenvalue weighted by Crippen LogP contribution is 2.25. The molecule has 0 fully saturated rings. The van der Waals surface area contributed by atoms with Crippen LogP contribution in [0.5, 0.6) is 0 Å². The minimum atomic E-state index is -0.390. The Balaban J connectivity index is 2.40. The van der Waals surface area contributed by atoms with Gasteiger partial charge in [0.2, 0.25) is 0 Å². The second-order valence-electron chi connectivity index (χ2n) is 2.91. The molecule has 0 unspecified atom stereocenters. The lowest BCUT2D eigenvalue weighted by atomic mass is 10.1. The number of hydrogen-bond acceptors (Lipinski definition) is 3. The molecular formula is C8H9N2O2S. The molecule has 0 N–H and O–H groups in total. The van der Waals surface area contributed by atoms with E-state index in [0.29, 0.717) is 0 Å². The number of aryl methyl sites for hydroxylation is 1. The molecule has 1 radical (unpaired) electrons. The van der Waals surface area contributed by atoms with Crippen molar-refractivity contribution in [3.63, 3.8) is 0 Å². The van der Waals surface area contributed by atoms with E-state index >= 15 is 0 Å². The monoisotopic (exact) mass is 197 g/mol. The highest BCUT2D eigenvalue weighted by atomic mass is 32.2. The lowest BCUT2D eigenvalue weighted by Gasteiger charge is -2.13. The van der Waals surface area contributed by atoms with E-state index in [4.69, 9.17) is 0 Å². The van der Waals surface area contributed by atoms with Crippen molar-refractivity contribution in [2.45, 2.75) is 12.2 Å². The van der Waals surface area contributed by atoms with Crippen molar-refractivity contribution in [3.05, 3.63) is 33.6 Å². The molecular weight excluding hydrogens is 188 g/mol. The summed E-state index contributed by atoms with van der Waals surface area (Å²) in [4.78, 5) is 14.2. The largest absolute Gasteiger partial charge is 0.287 e. The Bertz CT molecular complexity index is 354. The van der Waals surface area contributed by atoms with Gasteiger partial charge in [-0.15, -0.1) is 0 Å². The highest BCUT2D eigenvalue weighted by Gasteiger charge is 2.14. The van der Waals surface area contributed by atoms with E-state index in [-0.39, 0.29) is 5.69 Å². The van der Waals surface area contributed by atoms with Gasteiger partial charge < -0.3 is 0 Å². The summed E-state index contributed by atoms with van der Waals surface area (Å²) in [6, 6.07) is 1.65. The van der Waals surface area contributed by atoms with Crippen molar-refractivity contribution in [1.82, 2.24) is 4.98 Å². The Hall–Kier alpha value is -1.10. The van der Waals surface area contributed by atoms with Gasteiger partial charge in [-0.2, -0.15) is 0 Å². The molecule has 0 saturated carbocycles. The summed E-state index contributed by atoms with van der Waals surface area (Å²) in [5, 5.41) is 10.5. The Labute approximate surface area is 79.5 Å². The van der Waals surface area contributed by atoms with Gasteiger partial charge in [0.05, 0.1) is 4.92 Å². The molecule has 0 atom stereocenters. The fourth-order valence-corrected chi connectivity index (χ4v) is 2.42. The molecule has 1 aliphatic rings. The van der Waals surface area contributed by atoms with Gasteiger partial charge >= 0.3 is 0 Å². The highest BCUT2D eigenvalue weighted by molar-refractivity contribution is 7.98. The summed E-state index contributed by atoms with van der Waals surface area (Å²) in [7, 11) is 0. The van der Waals surface area contributed by atoms with Gasteiger partial charge in [-0.1, -0.05) is 0 Å². The lowest BCUT2D eigenvalue weighted by molar-refractivity contribution is -0.385. The third kappa shape index (κ3) is 1.65. The van der Waals surface area contributed by atoms with Gasteiger partial charge in [0.15, 0.2) is 0 Å². The molecule has 5 heteroatoms. The number of thiol groups is 1. The third-order valence-corrected chi connectivity index (χ3v) is 3.15. The molecule has 2 rings (SSSR count). The van der Waals surface area contributed by atoms with Crippen LogP contribution in [-0.2, 0) is 12.2 Å². The first-order valence-electron chi connectivity index (χ1n) is 4.03. The van der Waals surface area contributed by atoms with Gasteiger partial charge in [-0.25, -0.2) is 11.8 Å². The summed E-state index contributed by atoms with van der Waals surface area (Å²) in [6.45, 7) is 0. The number of fused-ring (bicyclic) bond motifs is 1. The summed E-state index contributed by atoms with van der Waals surface area (Å²) >= 11 is 1.35. The second kappa shape index (κ2) is 3.33. The summed E-state index contributed by atoms with van der Waals surface area (Å²) in [6.07, 6.45) is 2.30. The zero-order valence-electron chi connectivity index (χ0n) is 6.93. The van der Waals surface area contributed by atoms with E-state index in [9.17, 15) is 10.1 Å². The molecule has 0 aliphatic carbocycles. The molecule has 4 nitrogen and oxygen atoms in total. The van der Waals surface area contributed by atoms with Gasteiger partial charge in [0.1, 0.15) is 6.20 Å². The number of pyridine rings is 1. The lowest BCUT2D eigenvalue weighted by Crippen LogP contribution is -2.05. The molecule has 0 amide bonds. The van der Waals surface area contributed by atoms with Gasteiger partial charge in [0.25, 0.3) is 5.69 Å². The Morgan fingerprint density at radius 1 is 1.62 bits per heavy atom. The molecule has 1 aliphatic heterocycles. The molecule has 0 saturated heterocycles. The maximum atomic E-state index is 10.5. The Morgan fingerprint density at radius 3 is 3.23 bits per heavy atom. The van der Waals surface area contributed by atoms with E-state index in [0.717, 1.165) is 29.2 Å². The fourth-order valence-electron chi connectivity index (χ4n) is 1.37. The molecule has 1 aromatic heterocycles. The van der Waals surface area contributed by atoms with E-state index in [1.165, 1.54) is 18.0 Å². The maximum absolute atomic E-state index is 10.5. The quantitative estimate of drug-likeness (QED) is 0.422. The average molecular weight is 197 g/mol. The molecule has 2 heterocycles. The van der Waals surface area contributed by atoms with Crippen LogP contribution in [0.25, 0.3) is 0 Å². The molecule has 0 bridgehead atoms. The minimum absolute atomic E-state index is 0.107. The predicted octanol–water partition coefficient (Wildman–Crippen LogP) is 1.51. The molecule has 13 heavy (non-hydrogen) atoms. The van der Waals surface area contributed by atoms with Crippen molar-refractivity contribution < 1.29 is 4.92 Å². The predicted molar refractivity (Wildman–Crippen MR) is 52.2 cm³/mol. The van der Waals surface area contributed by atoms with Crippen LogP contribution in [-0.4, -0.2) is 15.7 Å². The summed E-state index contributed by atoms with van der Waals surface area (Å²) < 4.78 is 0. The zero-order valence-corrected chi connectivity index (χ0v) is 7.83. The molecule has 0 spiro atoms. The zero-order chi connectivity index (χ0) is 9.26. The van der Waals surface area contributed by atoms with Crippen molar-refractivity contribution in [3.8, 4) is 0 Å². The summed E-state index contributed by atoms with van der Waals surface area (Å²) in [5.41, 5.74) is 2.18. The maximum Gasteiger partial charge on any atom is 0.287 e. The van der Waals surface area contributed by atoms with Crippen LogP contribution in [0.15, 0.2) is 12.3 Å². The molecule has 69 valence electrons. The van der Waals surface area contributed by atoms with Crippen LogP contribution in [0.4, 0.5) is 5.69 Å². The standard InChI is InChI=1S/C8H9N2O2S/c11-10(12)7-3-6-5-13-2-1-8(6)9-4-7/h3-4,13H,1-2,5H2. The Morgan fingerprint density at radius 2 is 2.46 bits per heavy atom. The van der Waals surface area contributed by atoms with Crippen LogP contribution >= 0.6 is 11.8 Å². The van der Waals surface area contributed by atoms with Crippen LogP contribution in [0.2, 0.25) is 0 Å². The van der Waals surface area contributed by atoms with Crippen molar-refractivity contribution in [1.29, 1.82) is 0 Å². The molecule has 0 aromatic carbocycles. The van der Waals surface area contributed by atoms with Crippen molar-refractivity contribution >= 4 is 17.4 Å². The van der Waals surface area contributed by atoms with Crippen molar-refractivity contribution in [2.75, 3.05) is 5.75 Å². The minimum Gasteiger partial charge on any atom is -0.258 e. The number of nitrogens with zero attached hydrogens (tertiary/aromatic N) is 2. The topological polar surface area (TPSA) is 56.0 Å². The first-order valence-corrected chi connectivity index (χ1v) is 5.29. The normalized spacial score (nSPS) is 15.1. The first kappa shape index (κ1) is 8.50. The smallest absolute Gasteiger partial charge is 0.258 e. The van der Waals surface area contributed by atoms with Gasteiger partial charge in [0, 0.05) is 17.5 Å². The van der Waals surface area contributed by atoms with Gasteiger partial charge in [-0.05, 0) is 17.7 Å². The molecule has 1 aromatic rings. The number of rotatable bonds is 1. The van der Waals surface area contributed by atoms with Crippen LogP contribution in [0.3, 0.4) is 0 Å². The summed E-state index contributed by atoms with van der Waals surface area (Å²) in [5.74, 6) is 2.03. The third-order valence-electron chi connectivity index (χ3n) is 2.05. The van der Waals surface area contributed by atoms with E-state index in [1.54, 1.807) is 6.07 Å². The van der Waals surface area contributed by atoms with E-state index in [2.05, 4.69) is 4.98 Å². The van der Waals surface area contributed by atoms with E-state index < -0.39 is 4.92 Å². The number of hydrogen-bond donors (Lipinski definition) is 1. The van der Waals surface area contributed by atoms with Crippen molar-refractivity contribution in [2.24, 2.45) is 0 Å². The Kier molecular flexibility index (Phi) is 2.18. The SMILES string of the molecule is O=[N+]([O-])c1cnc2c(c1)C[SH]CC2. The first-order chi connectivity index (χ1) is 6.27.